The predicted octanol–water partition coefficient (Wildman–Crippen LogP) is 4.10. The van der Waals surface area contributed by atoms with Gasteiger partial charge in [0.1, 0.15) is 12.0 Å². The van der Waals surface area contributed by atoms with Crippen molar-refractivity contribution in [2.75, 3.05) is 12.5 Å². The van der Waals surface area contributed by atoms with Gasteiger partial charge in [-0.1, -0.05) is 18.9 Å². The van der Waals surface area contributed by atoms with Gasteiger partial charge in [-0.25, -0.2) is 4.39 Å². The van der Waals surface area contributed by atoms with Crippen LogP contribution in [0.3, 0.4) is 0 Å². The Morgan fingerprint density at radius 3 is 2.60 bits per heavy atom. The highest BCUT2D eigenvalue weighted by atomic mass is 31.1. The lowest BCUT2D eigenvalue weighted by Gasteiger charge is -2.09. The minimum atomic E-state index is -1.26. The molecule has 0 spiro atoms. The van der Waals surface area contributed by atoms with E-state index < -0.39 is 7.80 Å². The van der Waals surface area contributed by atoms with Crippen LogP contribution in [-0.4, -0.2) is 18.6 Å². The third kappa shape index (κ3) is 3.66. The molecule has 2 nitrogen and oxygen atoms in total. The lowest BCUT2D eigenvalue weighted by Crippen LogP contribution is -2.11. The normalized spacial score (nSPS) is 26.5. The molecule has 15 heavy (non-hydrogen) atoms. The Morgan fingerprint density at radius 2 is 2.20 bits per heavy atom. The summed E-state index contributed by atoms with van der Waals surface area (Å²) in [6.07, 6.45) is 1.41. The van der Waals surface area contributed by atoms with E-state index >= 15 is 0 Å². The van der Waals surface area contributed by atoms with Crippen LogP contribution in [0.1, 0.15) is 34.6 Å². The van der Waals surface area contributed by atoms with Gasteiger partial charge in [0.05, 0.1) is 6.10 Å². The zero-order valence-electron chi connectivity index (χ0n) is 8.92. The summed E-state index contributed by atoms with van der Waals surface area (Å²) in [4.78, 5) is 0. The molecule has 3 atom stereocenters. The molecule has 1 aliphatic carbocycles. The largest absolute Gasteiger partial charge is 0.366 e. The summed E-state index contributed by atoms with van der Waals surface area (Å²) in [5, 5.41) is 0. The monoisotopic (exact) mass is 235 g/mol. The van der Waals surface area contributed by atoms with Gasteiger partial charge in [0.15, 0.2) is 0 Å². The summed E-state index contributed by atoms with van der Waals surface area (Å²) in [5.74, 6) is -0.0961. The summed E-state index contributed by atoms with van der Waals surface area (Å²) in [5.41, 5.74) is 0.678. The van der Waals surface area contributed by atoms with Crippen LogP contribution in [0.4, 0.5) is 4.39 Å². The van der Waals surface area contributed by atoms with Crippen LogP contribution in [0.2, 0.25) is 0 Å². The molecule has 0 aromatic carbocycles. The average Bonchev–Trinajstić information content (AvgIpc) is 2.42. The Labute approximate surface area is 92.7 Å². The van der Waals surface area contributed by atoms with Gasteiger partial charge in [-0.3, -0.25) is 0 Å². The molecule has 4 heteroatoms. The lowest BCUT2D eigenvalue weighted by molar-refractivity contribution is 0.109. The molecule has 2 unspecified atom stereocenters. The minimum absolute atomic E-state index is 0. The topological polar surface area (TPSA) is 26.3 Å². The van der Waals surface area contributed by atoms with Gasteiger partial charge in [0, 0.05) is 5.92 Å². The molecule has 0 aromatic rings. The Morgan fingerprint density at radius 1 is 1.60 bits per heavy atom. The summed E-state index contributed by atoms with van der Waals surface area (Å²) in [6.45, 7) is 5.47. The third-order valence-electron chi connectivity index (χ3n) is 2.63. The molecule has 0 saturated carbocycles. The van der Waals surface area contributed by atoms with Crippen LogP contribution >= 0.6 is 7.80 Å². The zero-order valence-corrected chi connectivity index (χ0v) is 9.81. The van der Waals surface area contributed by atoms with Crippen molar-refractivity contribution in [1.29, 1.82) is 0 Å². The van der Waals surface area contributed by atoms with E-state index in [-0.39, 0.29) is 31.6 Å². The second kappa shape index (κ2) is 6.34. The Bertz CT molecular complexity index is 263. The van der Waals surface area contributed by atoms with Crippen molar-refractivity contribution in [2.45, 2.75) is 40.7 Å². The smallest absolute Gasteiger partial charge is 0.329 e. The van der Waals surface area contributed by atoms with E-state index in [1.165, 1.54) is 0 Å². The van der Waals surface area contributed by atoms with Crippen LogP contribution in [-0.2, 0) is 9.30 Å². The minimum Gasteiger partial charge on any atom is -0.329 e. The average molecular weight is 235 g/mol. The van der Waals surface area contributed by atoms with E-state index in [0.29, 0.717) is 18.2 Å². The molecular formula is C11H21FO2P+. The van der Waals surface area contributed by atoms with Gasteiger partial charge in [-0.2, -0.15) is 0 Å². The fraction of sp³-hybridized carbons (Fsp3) is 0.818. The molecule has 0 N–H and O–H groups in total. The van der Waals surface area contributed by atoms with E-state index in [4.69, 9.17) is 4.74 Å². The van der Waals surface area contributed by atoms with Crippen molar-refractivity contribution >= 4 is 7.80 Å². The van der Waals surface area contributed by atoms with E-state index in [9.17, 15) is 8.96 Å². The molecule has 1 aliphatic rings. The molecular weight excluding hydrogens is 214 g/mol. The van der Waals surface area contributed by atoms with E-state index in [1.54, 1.807) is 6.92 Å². The third-order valence-corrected chi connectivity index (χ3v) is 3.77. The second-order valence-corrected chi connectivity index (χ2v) is 5.60. The molecule has 0 aromatic heterocycles. The van der Waals surface area contributed by atoms with Crippen molar-refractivity contribution in [1.82, 2.24) is 0 Å². The number of halogens is 1. The highest BCUT2D eigenvalue weighted by Gasteiger charge is 2.31. The number of rotatable bonds is 4. The molecule has 0 amide bonds. The van der Waals surface area contributed by atoms with E-state index in [0.717, 1.165) is 0 Å². The summed E-state index contributed by atoms with van der Waals surface area (Å²) >= 11 is 0. The van der Waals surface area contributed by atoms with Crippen molar-refractivity contribution in [2.24, 2.45) is 5.92 Å². The maximum atomic E-state index is 13.3. The summed E-state index contributed by atoms with van der Waals surface area (Å²) < 4.78 is 29.9. The molecule has 0 fully saturated rings. The fourth-order valence-corrected chi connectivity index (χ4v) is 2.13. The van der Waals surface area contributed by atoms with Gasteiger partial charge in [0.25, 0.3) is 0 Å². The highest BCUT2D eigenvalue weighted by Crippen LogP contribution is 2.35. The Kier molecular flexibility index (Phi) is 6.23. The number of ether oxygens (including phenoxy) is 1. The second-order valence-electron chi connectivity index (χ2n) is 3.75. The first-order valence-corrected chi connectivity index (χ1v) is 6.59. The van der Waals surface area contributed by atoms with Gasteiger partial charge < -0.3 is 4.74 Å². The summed E-state index contributed by atoms with van der Waals surface area (Å²) in [7, 11) is -1.26. The standard InChI is InChI=1S/C10H17FO2P.CH4/c1-4-14(12)6-13-9-5-7(2)10(11)8(9)3;/h7,9H,4-6H2,1-3H3;1H4/q+1;/t7-,9?;/m1./s1. The van der Waals surface area contributed by atoms with Crippen LogP contribution in [0.15, 0.2) is 11.4 Å². The first kappa shape index (κ1) is 14.7. The van der Waals surface area contributed by atoms with Gasteiger partial charge in [-0.15, -0.1) is 0 Å². The first-order valence-electron chi connectivity index (χ1n) is 4.96. The van der Waals surface area contributed by atoms with Crippen LogP contribution < -0.4 is 0 Å². The van der Waals surface area contributed by atoms with Crippen molar-refractivity contribution in [3.63, 3.8) is 0 Å². The van der Waals surface area contributed by atoms with Gasteiger partial charge in [-0.05, 0) is 25.8 Å². The van der Waals surface area contributed by atoms with Gasteiger partial charge in [0.2, 0.25) is 6.35 Å². The maximum absolute atomic E-state index is 13.3. The number of hydrogen-bond acceptors (Lipinski definition) is 2. The number of allylic oxidation sites excluding steroid dienone is 1. The van der Waals surface area contributed by atoms with Crippen LogP contribution in [0, 0.1) is 5.92 Å². The molecule has 88 valence electrons. The van der Waals surface area contributed by atoms with Crippen molar-refractivity contribution < 1.29 is 13.7 Å². The summed E-state index contributed by atoms with van der Waals surface area (Å²) in [6, 6.07) is 0. The highest BCUT2D eigenvalue weighted by molar-refractivity contribution is 7.44. The molecule has 0 radical (unpaired) electrons. The van der Waals surface area contributed by atoms with Crippen LogP contribution in [0.25, 0.3) is 0 Å². The quantitative estimate of drug-likeness (QED) is 0.686. The maximum Gasteiger partial charge on any atom is 0.366 e. The van der Waals surface area contributed by atoms with Gasteiger partial charge >= 0.3 is 7.80 Å². The fourth-order valence-electron chi connectivity index (χ4n) is 1.60. The molecule has 0 heterocycles. The Hall–Kier alpha value is -0.270. The number of hydrogen-bond donors (Lipinski definition) is 0. The van der Waals surface area contributed by atoms with E-state index in [2.05, 4.69) is 0 Å². The van der Waals surface area contributed by atoms with Crippen LogP contribution in [0.5, 0.6) is 0 Å². The van der Waals surface area contributed by atoms with E-state index in [1.807, 2.05) is 13.8 Å². The molecule has 1 rings (SSSR count). The first-order chi connectivity index (χ1) is 6.56. The predicted molar refractivity (Wildman–Crippen MR) is 62.2 cm³/mol. The van der Waals surface area contributed by atoms with Crippen molar-refractivity contribution in [3.05, 3.63) is 11.4 Å². The molecule has 0 aliphatic heterocycles. The SMILES string of the molecule is C.CC[P+](=O)COC1C[C@@H](C)C(F)=C1C. The van der Waals surface area contributed by atoms with Crippen molar-refractivity contribution in [3.8, 4) is 0 Å². The Balaban J connectivity index is 0.00000196. The zero-order chi connectivity index (χ0) is 10.7. The molecule has 0 bridgehead atoms. The molecule has 0 saturated heterocycles. The lowest BCUT2D eigenvalue weighted by atomic mass is 10.1.